The van der Waals surface area contributed by atoms with E-state index in [0.717, 1.165) is 5.56 Å². The largest absolute Gasteiger partial charge is 0.496 e. The van der Waals surface area contributed by atoms with E-state index >= 15 is 0 Å². The van der Waals surface area contributed by atoms with Crippen LogP contribution in [0, 0.1) is 0 Å². The van der Waals surface area contributed by atoms with Crippen LogP contribution in [0.2, 0.25) is 0 Å². The molecule has 0 spiro atoms. The number of allylic oxidation sites excluding steroid dienone is 1. The van der Waals surface area contributed by atoms with Gasteiger partial charge in [0.05, 0.1) is 35.1 Å². The average molecular weight is 585 g/mol. The van der Waals surface area contributed by atoms with Gasteiger partial charge in [0.25, 0.3) is 5.56 Å². The first kappa shape index (κ1) is 28.6. The third-order valence-corrected chi connectivity index (χ3v) is 7.73. The zero-order valence-corrected chi connectivity index (χ0v) is 24.0. The molecule has 2 heterocycles. The first-order chi connectivity index (χ1) is 20.3. The van der Waals surface area contributed by atoms with Gasteiger partial charge in [-0.2, -0.15) is 0 Å². The minimum atomic E-state index is -0.994. The Morgan fingerprint density at radius 1 is 1.02 bits per heavy atom. The van der Waals surface area contributed by atoms with Crippen LogP contribution in [0.4, 0.5) is 0 Å². The van der Waals surface area contributed by atoms with Crippen LogP contribution in [0.3, 0.4) is 0 Å². The van der Waals surface area contributed by atoms with Crippen LogP contribution < -0.4 is 24.4 Å². The van der Waals surface area contributed by atoms with Crippen molar-refractivity contribution >= 4 is 29.4 Å². The number of thiazole rings is 1. The summed E-state index contributed by atoms with van der Waals surface area (Å²) in [6.45, 7) is 3.85. The number of rotatable bonds is 9. The maximum absolute atomic E-state index is 14.0. The molecule has 0 aliphatic carbocycles. The number of carbonyl (C=O) groups excluding carboxylic acids is 1. The summed E-state index contributed by atoms with van der Waals surface area (Å²) in [7, 11) is 1.54. The molecule has 42 heavy (non-hydrogen) atoms. The van der Waals surface area contributed by atoms with Crippen LogP contribution in [0.5, 0.6) is 11.5 Å². The number of carboxylic acids is 1. The standard InChI is InChI=1S/C32H28N2O7S/c1-4-40-31(38)27-19(2)33-32-34(28(27)23-10-6-8-12-25(23)39-3)29(35)26(42-32)17-22-9-5-7-11-24(22)41-18-20-13-15-21(16-14-20)30(36)37/h5-17,28H,4,18H2,1-3H3,(H,36,37)/b26-17-/t28-/m1/s1. The molecule has 4 aromatic rings. The molecule has 0 amide bonds. The van der Waals surface area contributed by atoms with Gasteiger partial charge < -0.3 is 19.3 Å². The third-order valence-electron chi connectivity index (χ3n) is 6.75. The predicted octanol–water partition coefficient (Wildman–Crippen LogP) is 4.08. The topological polar surface area (TPSA) is 116 Å². The fraction of sp³-hybridized carbons (Fsp3) is 0.188. The zero-order chi connectivity index (χ0) is 29.8. The van der Waals surface area contributed by atoms with E-state index in [0.29, 0.717) is 37.7 Å². The van der Waals surface area contributed by atoms with Crippen LogP contribution in [0.15, 0.2) is 93.9 Å². The molecule has 0 bridgehead atoms. The number of carbonyl (C=O) groups is 2. The highest BCUT2D eigenvalue weighted by Gasteiger charge is 2.35. The lowest BCUT2D eigenvalue weighted by Crippen LogP contribution is -2.40. The van der Waals surface area contributed by atoms with Crippen molar-refractivity contribution < 1.29 is 28.9 Å². The molecule has 0 radical (unpaired) electrons. The lowest BCUT2D eigenvalue weighted by molar-refractivity contribution is -0.139. The summed E-state index contributed by atoms with van der Waals surface area (Å²) < 4.78 is 19.0. The number of fused-ring (bicyclic) bond motifs is 1. The van der Waals surface area contributed by atoms with Crippen molar-refractivity contribution in [2.24, 2.45) is 4.99 Å². The van der Waals surface area contributed by atoms with Gasteiger partial charge in [0.1, 0.15) is 24.1 Å². The van der Waals surface area contributed by atoms with Gasteiger partial charge >= 0.3 is 11.9 Å². The fourth-order valence-electron chi connectivity index (χ4n) is 4.76. The first-order valence-electron chi connectivity index (χ1n) is 13.2. The zero-order valence-electron chi connectivity index (χ0n) is 23.2. The molecule has 0 unspecified atom stereocenters. The van der Waals surface area contributed by atoms with Crippen molar-refractivity contribution in [1.29, 1.82) is 0 Å². The van der Waals surface area contributed by atoms with Gasteiger partial charge in [-0.1, -0.05) is 59.9 Å². The maximum atomic E-state index is 14.0. The summed E-state index contributed by atoms with van der Waals surface area (Å²) >= 11 is 1.22. The van der Waals surface area contributed by atoms with Gasteiger partial charge in [0, 0.05) is 11.1 Å². The summed E-state index contributed by atoms with van der Waals surface area (Å²) in [5.41, 5.74) is 2.74. The Kier molecular flexibility index (Phi) is 8.35. The van der Waals surface area contributed by atoms with Crippen molar-refractivity contribution in [3.05, 3.63) is 126 Å². The Morgan fingerprint density at radius 2 is 1.71 bits per heavy atom. The second kappa shape index (κ2) is 12.3. The molecule has 1 N–H and O–H groups in total. The highest BCUT2D eigenvalue weighted by Crippen LogP contribution is 2.35. The van der Waals surface area contributed by atoms with E-state index < -0.39 is 18.0 Å². The summed E-state index contributed by atoms with van der Waals surface area (Å²) in [6.07, 6.45) is 1.75. The van der Waals surface area contributed by atoms with Gasteiger partial charge in [-0.05, 0) is 49.8 Å². The van der Waals surface area contributed by atoms with Crippen molar-refractivity contribution in [3.63, 3.8) is 0 Å². The second-order valence-corrected chi connectivity index (χ2v) is 10.4. The number of carboxylic acid groups (broad SMARTS) is 1. The Bertz CT molecular complexity index is 1870. The Balaban J connectivity index is 1.57. The van der Waals surface area contributed by atoms with E-state index in [1.807, 2.05) is 36.4 Å². The Hall–Kier alpha value is -4.96. The number of ether oxygens (including phenoxy) is 3. The SMILES string of the molecule is CCOC(=O)C1=C(C)N=c2s/c(=C\c3ccccc3OCc3ccc(C(=O)O)cc3)c(=O)n2[C@@H]1c1ccccc1OC. The molecule has 5 rings (SSSR count). The van der Waals surface area contributed by atoms with Crippen LogP contribution in [-0.4, -0.2) is 35.3 Å². The monoisotopic (exact) mass is 584 g/mol. The average Bonchev–Trinajstić information content (AvgIpc) is 3.30. The van der Waals surface area contributed by atoms with Gasteiger partial charge in [-0.25, -0.2) is 14.6 Å². The van der Waals surface area contributed by atoms with Crippen LogP contribution in [-0.2, 0) is 16.1 Å². The van der Waals surface area contributed by atoms with Crippen LogP contribution in [0.25, 0.3) is 6.08 Å². The van der Waals surface area contributed by atoms with Gasteiger partial charge in [0.2, 0.25) is 0 Å². The Morgan fingerprint density at radius 3 is 2.40 bits per heavy atom. The van der Waals surface area contributed by atoms with Crippen molar-refractivity contribution in [1.82, 2.24) is 4.57 Å². The highest BCUT2D eigenvalue weighted by molar-refractivity contribution is 7.07. The Labute approximate surface area is 245 Å². The number of nitrogens with zero attached hydrogens (tertiary/aromatic N) is 2. The second-order valence-electron chi connectivity index (χ2n) is 9.37. The first-order valence-corrected chi connectivity index (χ1v) is 14.0. The number of para-hydroxylation sites is 2. The summed E-state index contributed by atoms with van der Waals surface area (Å²) in [4.78, 5) is 43.4. The number of aromatic nitrogens is 1. The summed E-state index contributed by atoms with van der Waals surface area (Å²) in [5.74, 6) is -0.454. The van der Waals surface area contributed by atoms with Crippen LogP contribution >= 0.6 is 11.3 Å². The molecular weight excluding hydrogens is 556 g/mol. The van der Waals surface area contributed by atoms with Crippen molar-refractivity contribution in [2.75, 3.05) is 13.7 Å². The molecule has 214 valence electrons. The lowest BCUT2D eigenvalue weighted by Gasteiger charge is -2.25. The molecule has 0 saturated carbocycles. The number of aromatic carboxylic acids is 1. The van der Waals surface area contributed by atoms with Gasteiger partial charge in [-0.3, -0.25) is 9.36 Å². The minimum Gasteiger partial charge on any atom is -0.496 e. The van der Waals surface area contributed by atoms with E-state index in [2.05, 4.69) is 4.99 Å². The molecule has 1 aliphatic heterocycles. The number of benzene rings is 3. The molecule has 1 atom stereocenters. The maximum Gasteiger partial charge on any atom is 0.338 e. The molecule has 1 aromatic heterocycles. The quantitative estimate of drug-likeness (QED) is 0.295. The van der Waals surface area contributed by atoms with Gasteiger partial charge in [-0.15, -0.1) is 0 Å². The van der Waals surface area contributed by atoms with Crippen LogP contribution in [0.1, 0.15) is 46.9 Å². The molecule has 9 nitrogen and oxygen atoms in total. The number of esters is 1. The number of hydrogen-bond acceptors (Lipinski definition) is 8. The third kappa shape index (κ3) is 5.61. The molecule has 10 heteroatoms. The molecule has 0 fully saturated rings. The fourth-order valence-corrected chi connectivity index (χ4v) is 5.79. The summed E-state index contributed by atoms with van der Waals surface area (Å²) in [6, 6.07) is 20.2. The van der Waals surface area contributed by atoms with Gasteiger partial charge in [0.15, 0.2) is 4.80 Å². The van der Waals surface area contributed by atoms with E-state index in [-0.39, 0.29) is 29.9 Å². The predicted molar refractivity (Wildman–Crippen MR) is 158 cm³/mol. The molecule has 3 aromatic carbocycles. The molecular formula is C32H28N2O7S. The van der Waals surface area contributed by atoms with E-state index in [1.165, 1.54) is 28.0 Å². The normalized spacial score (nSPS) is 14.6. The smallest absolute Gasteiger partial charge is 0.338 e. The number of methoxy groups -OCH3 is 1. The van der Waals surface area contributed by atoms with E-state index in [4.69, 9.17) is 19.3 Å². The summed E-state index contributed by atoms with van der Waals surface area (Å²) in [5, 5.41) is 9.13. The lowest BCUT2D eigenvalue weighted by atomic mass is 9.95. The van der Waals surface area contributed by atoms with Crippen molar-refractivity contribution in [2.45, 2.75) is 26.5 Å². The molecule has 0 saturated heterocycles. The highest BCUT2D eigenvalue weighted by atomic mass is 32.1. The molecule has 1 aliphatic rings. The minimum absolute atomic E-state index is 0.180. The van der Waals surface area contributed by atoms with E-state index in [9.17, 15) is 14.4 Å². The van der Waals surface area contributed by atoms with Crippen molar-refractivity contribution in [3.8, 4) is 11.5 Å². The van der Waals surface area contributed by atoms with E-state index in [1.54, 1.807) is 51.3 Å². The number of hydrogen-bond donors (Lipinski definition) is 1.